The number of pyridine rings is 1. The number of carbonyl (C=O) groups is 2. The van der Waals surface area contributed by atoms with Crippen molar-refractivity contribution in [3.63, 3.8) is 0 Å². The van der Waals surface area contributed by atoms with Gasteiger partial charge in [-0.25, -0.2) is 4.79 Å². The molecule has 3 unspecified atom stereocenters. The van der Waals surface area contributed by atoms with Crippen LogP contribution in [0.1, 0.15) is 31.2 Å². The molecule has 1 aromatic heterocycles. The van der Waals surface area contributed by atoms with E-state index in [9.17, 15) is 14.7 Å². The average Bonchev–Trinajstić information content (AvgIpc) is 3.05. The molecule has 0 bridgehead atoms. The summed E-state index contributed by atoms with van der Waals surface area (Å²) in [5.74, 6) is -0.335. The summed E-state index contributed by atoms with van der Waals surface area (Å²) in [5.41, 5.74) is 1.06. The predicted octanol–water partition coefficient (Wildman–Crippen LogP) is 1.73. The van der Waals surface area contributed by atoms with Crippen molar-refractivity contribution < 1.29 is 14.7 Å². The molecule has 0 radical (unpaired) electrons. The van der Waals surface area contributed by atoms with Crippen molar-refractivity contribution in [3.8, 4) is 0 Å². The number of aryl methyl sites for hydroxylation is 1. The minimum Gasteiger partial charge on any atom is -0.480 e. The monoisotopic (exact) mass is 288 g/mol. The number of nitrogens with zero attached hydrogens (tertiary/aromatic N) is 2. The van der Waals surface area contributed by atoms with Gasteiger partial charge >= 0.3 is 5.97 Å². The Morgan fingerprint density at radius 2 is 2.05 bits per heavy atom. The number of carbonyl (C=O) groups excluding carboxylic acids is 1. The van der Waals surface area contributed by atoms with E-state index in [1.165, 1.54) is 0 Å². The second-order valence-corrected chi connectivity index (χ2v) is 6.04. The summed E-state index contributed by atoms with van der Waals surface area (Å²) in [6.45, 7) is 0.622. The summed E-state index contributed by atoms with van der Waals surface area (Å²) >= 11 is 0. The first-order chi connectivity index (χ1) is 10.2. The smallest absolute Gasteiger partial charge is 0.326 e. The standard InChI is InChI=1S/C16H20N2O3/c19-14(5-4-11-6-8-17-9-7-11)18-10-12-2-1-3-13(12)15(18)16(20)21/h6-9,12-13,15H,1-5,10H2,(H,20,21). The van der Waals surface area contributed by atoms with Crippen molar-refractivity contribution in [2.24, 2.45) is 11.8 Å². The van der Waals surface area contributed by atoms with Gasteiger partial charge in [0.2, 0.25) is 5.91 Å². The van der Waals surface area contributed by atoms with Crippen LogP contribution < -0.4 is 0 Å². The van der Waals surface area contributed by atoms with Crippen LogP contribution in [-0.2, 0) is 16.0 Å². The summed E-state index contributed by atoms with van der Waals surface area (Å²) in [5, 5.41) is 9.46. The van der Waals surface area contributed by atoms with E-state index in [0.29, 0.717) is 25.3 Å². The Labute approximate surface area is 124 Å². The fraction of sp³-hybridized carbons (Fsp3) is 0.562. The molecular formula is C16H20N2O3. The Bertz CT molecular complexity index is 532. The van der Waals surface area contributed by atoms with Crippen LogP contribution in [0.2, 0.25) is 0 Å². The van der Waals surface area contributed by atoms with Crippen molar-refractivity contribution in [2.75, 3.05) is 6.54 Å². The maximum absolute atomic E-state index is 12.4. The van der Waals surface area contributed by atoms with Crippen LogP contribution in [-0.4, -0.2) is 39.5 Å². The molecule has 0 aromatic carbocycles. The minimum absolute atomic E-state index is 0.0337. The van der Waals surface area contributed by atoms with Crippen LogP contribution >= 0.6 is 0 Å². The van der Waals surface area contributed by atoms with Crippen LogP contribution in [0.25, 0.3) is 0 Å². The largest absolute Gasteiger partial charge is 0.480 e. The van der Waals surface area contributed by atoms with Crippen LogP contribution in [0.4, 0.5) is 0 Å². The zero-order chi connectivity index (χ0) is 14.8. The van der Waals surface area contributed by atoms with Crippen LogP contribution in [0.5, 0.6) is 0 Å². The molecule has 0 spiro atoms. The Kier molecular flexibility index (Phi) is 3.90. The topological polar surface area (TPSA) is 70.5 Å². The number of aliphatic carboxylic acids is 1. The molecular weight excluding hydrogens is 268 g/mol. The Hall–Kier alpha value is -1.91. The van der Waals surface area contributed by atoms with Crippen molar-refractivity contribution in [1.29, 1.82) is 0 Å². The number of rotatable bonds is 4. The molecule has 1 aliphatic carbocycles. The quantitative estimate of drug-likeness (QED) is 0.916. The summed E-state index contributed by atoms with van der Waals surface area (Å²) in [4.78, 5) is 29.5. The number of amides is 1. The molecule has 21 heavy (non-hydrogen) atoms. The lowest BCUT2D eigenvalue weighted by Crippen LogP contribution is -2.43. The summed E-state index contributed by atoms with van der Waals surface area (Å²) in [6.07, 6.45) is 7.52. The van der Waals surface area contributed by atoms with E-state index in [1.54, 1.807) is 17.3 Å². The number of carboxylic acid groups (broad SMARTS) is 1. The average molecular weight is 288 g/mol. The predicted molar refractivity (Wildman–Crippen MR) is 76.5 cm³/mol. The van der Waals surface area contributed by atoms with Gasteiger partial charge in [-0.15, -0.1) is 0 Å². The molecule has 5 nitrogen and oxygen atoms in total. The molecule has 2 fully saturated rings. The summed E-state index contributed by atoms with van der Waals surface area (Å²) < 4.78 is 0. The zero-order valence-electron chi connectivity index (χ0n) is 11.9. The van der Waals surface area contributed by atoms with E-state index in [2.05, 4.69) is 4.98 Å². The molecule has 112 valence electrons. The van der Waals surface area contributed by atoms with Crippen molar-refractivity contribution in [2.45, 2.75) is 38.1 Å². The highest BCUT2D eigenvalue weighted by Crippen LogP contribution is 2.42. The third kappa shape index (κ3) is 2.77. The van der Waals surface area contributed by atoms with Gasteiger partial charge in [0.15, 0.2) is 0 Å². The first kappa shape index (κ1) is 14.0. The maximum atomic E-state index is 12.4. The number of aromatic nitrogens is 1. The highest BCUT2D eigenvalue weighted by molar-refractivity contribution is 5.85. The first-order valence-electron chi connectivity index (χ1n) is 7.58. The molecule has 3 rings (SSSR count). The molecule has 1 aliphatic heterocycles. The Balaban J connectivity index is 1.65. The second kappa shape index (κ2) is 5.84. The summed E-state index contributed by atoms with van der Waals surface area (Å²) in [7, 11) is 0. The molecule has 2 heterocycles. The van der Waals surface area contributed by atoms with Gasteiger partial charge in [0.1, 0.15) is 6.04 Å². The van der Waals surface area contributed by atoms with Gasteiger partial charge in [-0.3, -0.25) is 9.78 Å². The molecule has 5 heteroatoms. The van der Waals surface area contributed by atoms with Gasteiger partial charge in [0, 0.05) is 25.4 Å². The number of likely N-dealkylation sites (tertiary alicyclic amines) is 1. The van der Waals surface area contributed by atoms with Crippen LogP contribution in [0, 0.1) is 11.8 Å². The van der Waals surface area contributed by atoms with E-state index >= 15 is 0 Å². The fourth-order valence-corrected chi connectivity index (χ4v) is 3.82. The molecule has 2 aliphatic rings. The SMILES string of the molecule is O=C(O)C1C2CCCC2CN1C(=O)CCc1ccncc1. The Morgan fingerprint density at radius 1 is 1.29 bits per heavy atom. The molecule has 1 saturated heterocycles. The highest BCUT2D eigenvalue weighted by atomic mass is 16.4. The van der Waals surface area contributed by atoms with Gasteiger partial charge < -0.3 is 10.0 Å². The van der Waals surface area contributed by atoms with E-state index < -0.39 is 12.0 Å². The van der Waals surface area contributed by atoms with Crippen molar-refractivity contribution in [3.05, 3.63) is 30.1 Å². The third-order valence-corrected chi connectivity index (χ3v) is 4.84. The van der Waals surface area contributed by atoms with E-state index in [4.69, 9.17) is 0 Å². The number of hydrogen-bond donors (Lipinski definition) is 1. The third-order valence-electron chi connectivity index (χ3n) is 4.84. The molecule has 1 amide bonds. The lowest BCUT2D eigenvalue weighted by molar-refractivity contribution is -0.149. The van der Waals surface area contributed by atoms with Crippen molar-refractivity contribution >= 4 is 11.9 Å². The number of carboxylic acids is 1. The highest BCUT2D eigenvalue weighted by Gasteiger charge is 2.49. The van der Waals surface area contributed by atoms with E-state index in [0.717, 1.165) is 24.8 Å². The summed E-state index contributed by atoms with van der Waals surface area (Å²) in [6, 6.07) is 3.17. The zero-order valence-corrected chi connectivity index (χ0v) is 11.9. The lowest BCUT2D eigenvalue weighted by atomic mass is 9.94. The van der Waals surface area contributed by atoms with Gasteiger partial charge in [-0.1, -0.05) is 6.42 Å². The number of hydrogen-bond acceptors (Lipinski definition) is 3. The Morgan fingerprint density at radius 3 is 2.76 bits per heavy atom. The number of fused-ring (bicyclic) bond motifs is 1. The van der Waals surface area contributed by atoms with Gasteiger partial charge in [-0.2, -0.15) is 0 Å². The lowest BCUT2D eigenvalue weighted by Gasteiger charge is -2.24. The van der Waals surface area contributed by atoms with Crippen molar-refractivity contribution in [1.82, 2.24) is 9.88 Å². The van der Waals surface area contributed by atoms with E-state index in [1.807, 2.05) is 12.1 Å². The minimum atomic E-state index is -0.846. The van der Waals surface area contributed by atoms with Crippen LogP contribution in [0.15, 0.2) is 24.5 Å². The normalized spacial score (nSPS) is 27.6. The molecule has 1 aromatic rings. The first-order valence-corrected chi connectivity index (χ1v) is 7.58. The molecule has 1 N–H and O–H groups in total. The maximum Gasteiger partial charge on any atom is 0.326 e. The second-order valence-electron chi connectivity index (χ2n) is 6.04. The van der Waals surface area contributed by atoms with Gasteiger partial charge in [0.25, 0.3) is 0 Å². The van der Waals surface area contributed by atoms with Crippen LogP contribution in [0.3, 0.4) is 0 Å². The molecule has 1 saturated carbocycles. The van der Waals surface area contributed by atoms with Gasteiger partial charge in [-0.05, 0) is 48.8 Å². The molecule has 3 atom stereocenters. The fourth-order valence-electron chi connectivity index (χ4n) is 3.82. The van der Waals surface area contributed by atoms with E-state index in [-0.39, 0.29) is 11.8 Å². The van der Waals surface area contributed by atoms with Gasteiger partial charge in [0.05, 0.1) is 0 Å².